The Morgan fingerprint density at radius 2 is 1.02 bits per heavy atom. The van der Waals surface area contributed by atoms with E-state index in [0.29, 0.717) is 33.8 Å². The van der Waals surface area contributed by atoms with Gasteiger partial charge in [0.15, 0.2) is 0 Å². The number of sulfone groups is 1. The summed E-state index contributed by atoms with van der Waals surface area (Å²) in [6, 6.07) is 69.0. The third-order valence-corrected chi connectivity index (χ3v) is 20.0. The highest BCUT2D eigenvalue weighted by Gasteiger charge is 2.49. The van der Waals surface area contributed by atoms with Gasteiger partial charge in [-0.05, 0) is 121 Å². The molecule has 16 aromatic rings. The highest BCUT2D eigenvalue weighted by Crippen LogP contribution is 2.36. The molecule has 0 saturated carbocycles. The summed E-state index contributed by atoms with van der Waals surface area (Å²) >= 11 is 6.47. The van der Waals surface area contributed by atoms with E-state index >= 15 is 0 Å². The van der Waals surface area contributed by atoms with Crippen molar-refractivity contribution < 1.29 is 53.8 Å². The van der Waals surface area contributed by atoms with Crippen LogP contribution in [0.5, 0.6) is 11.8 Å². The third-order valence-electron chi connectivity index (χ3n) is 16.5. The maximum absolute atomic E-state index is 12.3. The van der Waals surface area contributed by atoms with E-state index in [1.165, 1.54) is 40.3 Å². The molecule has 10 aromatic heterocycles. The minimum atomic E-state index is -5.82. The number of nitrogen functional groups attached to an aromatic ring is 1. The summed E-state index contributed by atoms with van der Waals surface area (Å²) in [6.45, 7) is 5.15. The molecule has 0 radical (unpaired) electrons. The Morgan fingerprint density at radius 1 is 0.590 bits per heavy atom. The Hall–Kier alpha value is -12.6. The van der Waals surface area contributed by atoms with Crippen molar-refractivity contribution in [1.82, 2.24) is 77.9 Å². The number of aromatic nitrogens is 15. The SMILES string of the molecule is C=CC(=O)Nc1cc(N)c(OC)cc1N(C)CCN(C)C.CS(=O)(=O)c1ncc2ccc(-c3ccccc3)n2n1.CSc1ncc2ccc(-c3ccccc3)n2n1.CSc1ncc2ccc(Br)n2n1.O=S(=O)(Oc1ncc2ccc(-c3ccccc3)n2n1)C(F)(F)F.O=c1ncc2ccc(-c3ccccc3)n2[nH]1.OB(O)c1ccccc1. The molecule has 6 N–H and O–H groups in total. The van der Waals surface area contributed by atoms with E-state index in [0.717, 1.165) is 95.8 Å². The number of ether oxygens (including phenoxy) is 1. The number of aromatic amines is 1. The molecular weight excluding hydrogens is 1650 g/mol. The van der Waals surface area contributed by atoms with Crippen LogP contribution in [0.4, 0.5) is 30.2 Å². The van der Waals surface area contributed by atoms with Crippen molar-refractivity contribution in [1.29, 1.82) is 0 Å². The Kier molecular flexibility index (Phi) is 29.8. The molecule has 0 aliphatic heterocycles. The van der Waals surface area contributed by atoms with Crippen molar-refractivity contribution >= 4 is 123 Å². The number of methoxy groups -OCH3 is 1. The Balaban J connectivity index is 0.000000146. The molecule has 0 fully saturated rings. The van der Waals surface area contributed by atoms with Gasteiger partial charge in [0.25, 0.3) is 5.16 Å². The molecule has 0 atom stereocenters. The zero-order chi connectivity index (χ0) is 84.0. The molecule has 1 amide bonds. The lowest BCUT2D eigenvalue weighted by Crippen LogP contribution is -2.29. The summed E-state index contributed by atoms with van der Waals surface area (Å²) < 4.78 is 101. The lowest BCUT2D eigenvalue weighted by Gasteiger charge is -2.25. The molecule has 117 heavy (non-hydrogen) atoms. The summed E-state index contributed by atoms with van der Waals surface area (Å²) in [4.78, 5) is 46.3. The van der Waals surface area contributed by atoms with Crippen LogP contribution in [-0.4, -0.2) is 183 Å². The standard InChI is InChI=1S/C15H24N4O2.C13H8F3N3O3S.C13H11N3O2S.C13H11N3S.C12H9N3O.C7H6BrN3S.C6H7BO2/c1-6-15(20)17-12-9-11(16)14(21-5)10-13(12)19(4)8-7-18(2)3;14-13(15,16)23(20,21)22-12-17-8-10-6-7-11(19(10)18-12)9-4-2-1-3-5-9;1-19(17,18)13-14-9-11-7-8-12(16(11)15-13)10-5-3-2-4-6-10;1-17-13-14-9-11-7-8-12(16(11)15-13)10-5-3-2-4-6-10;16-12-13-8-10-6-7-11(15(10)14-12)9-4-2-1-3-5-9;1-12-7-9-4-5-2-3-6(8)11(5)10-7;8-7(9)6-4-2-1-3-5-6/h6,9-10H,1,7-8,16H2,2-5H3,(H,17,20);1-8H;2-9H,1H3;2-9H,1H3;1-8H,(H,14,16);2-4H,1H3;1-5,8-9H. The van der Waals surface area contributed by atoms with Gasteiger partial charge in [0.2, 0.25) is 26.1 Å². The maximum atomic E-state index is 12.3. The van der Waals surface area contributed by atoms with Crippen LogP contribution in [0.15, 0.2) is 293 Å². The molecular formula is C79H76BBrF3N19O10S4. The van der Waals surface area contributed by atoms with Gasteiger partial charge in [0.05, 0.1) is 106 Å². The number of benzene rings is 6. The fourth-order valence-corrected chi connectivity index (χ4v) is 12.7. The van der Waals surface area contributed by atoms with Gasteiger partial charge in [0, 0.05) is 54.7 Å². The molecule has 38 heteroatoms. The van der Waals surface area contributed by atoms with Crippen LogP contribution in [-0.2, 0) is 24.7 Å². The molecule has 0 unspecified atom stereocenters. The van der Waals surface area contributed by atoms with E-state index in [9.17, 15) is 39.6 Å². The van der Waals surface area contributed by atoms with E-state index in [4.69, 9.17) is 20.5 Å². The predicted molar refractivity (Wildman–Crippen MR) is 454 cm³/mol. The average molecular weight is 1730 g/mol. The molecule has 0 saturated heterocycles. The number of nitrogens with zero attached hydrogens (tertiary/aromatic N) is 16. The molecule has 0 aliphatic carbocycles. The number of amides is 1. The number of rotatable bonds is 17. The van der Waals surface area contributed by atoms with Gasteiger partial charge in [-0.15, -0.1) is 20.4 Å². The molecule has 602 valence electrons. The fourth-order valence-electron chi connectivity index (χ4n) is 10.8. The number of hydrogen-bond acceptors (Lipinski definition) is 24. The Bertz CT molecular complexity index is 6320. The number of hydrogen-bond donors (Lipinski definition) is 5. The molecule has 0 spiro atoms. The normalized spacial score (nSPS) is 11.1. The van der Waals surface area contributed by atoms with Crippen molar-refractivity contribution in [3.05, 3.63) is 283 Å². The molecule has 0 aliphatic rings. The Morgan fingerprint density at radius 3 is 1.48 bits per heavy atom. The van der Waals surface area contributed by atoms with Crippen LogP contribution >= 0.6 is 39.5 Å². The summed E-state index contributed by atoms with van der Waals surface area (Å²) in [5, 5.41) is 40.6. The summed E-state index contributed by atoms with van der Waals surface area (Å²) in [6.07, 6.45) is 14.2. The Labute approximate surface area is 686 Å². The van der Waals surface area contributed by atoms with Crippen LogP contribution in [0.3, 0.4) is 0 Å². The van der Waals surface area contributed by atoms with Gasteiger partial charge < -0.3 is 39.8 Å². The number of likely N-dealkylation sites (N-methyl/N-ethyl adjacent to an activating group) is 2. The van der Waals surface area contributed by atoms with Gasteiger partial charge >= 0.3 is 34.4 Å². The summed E-state index contributed by atoms with van der Waals surface area (Å²) in [5.41, 5.74) is 14.0. The number of carbonyl (C=O) groups is 1. The quantitative estimate of drug-likeness (QED) is 0.0141. The highest BCUT2D eigenvalue weighted by atomic mass is 79.9. The third kappa shape index (κ3) is 23.1. The number of anilines is 3. The van der Waals surface area contributed by atoms with Gasteiger partial charge in [0.1, 0.15) is 10.4 Å². The number of nitrogens with two attached hydrogens (primary N) is 1. The first-order chi connectivity index (χ1) is 56.1. The van der Waals surface area contributed by atoms with Crippen molar-refractivity contribution in [2.75, 3.05) is 76.1 Å². The van der Waals surface area contributed by atoms with Gasteiger partial charge in [-0.1, -0.05) is 182 Å². The predicted octanol–water partition coefficient (Wildman–Crippen LogP) is 12.2. The number of H-pyrrole nitrogens is 1. The maximum Gasteiger partial charge on any atom is 0.534 e. The first-order valence-corrected chi connectivity index (χ1v) is 41.4. The number of carbonyl (C=O) groups excluding carboxylic acids is 1. The second-order valence-corrected chi connectivity index (χ2v) is 30.7. The lowest BCUT2D eigenvalue weighted by atomic mass is 9.81. The monoisotopic (exact) mass is 1730 g/mol. The van der Waals surface area contributed by atoms with E-state index in [1.807, 2.05) is 193 Å². The van der Waals surface area contributed by atoms with Crippen LogP contribution in [0.2, 0.25) is 0 Å². The van der Waals surface area contributed by atoms with E-state index in [1.54, 1.807) is 107 Å². The van der Waals surface area contributed by atoms with Crippen LogP contribution < -0.4 is 36.0 Å². The molecule has 10 heterocycles. The van der Waals surface area contributed by atoms with Gasteiger partial charge in [-0.3, -0.25) is 9.31 Å². The average Bonchev–Trinajstić information content (AvgIpc) is 1.68. The minimum Gasteiger partial charge on any atom is -0.495 e. The molecule has 0 bridgehead atoms. The van der Waals surface area contributed by atoms with Crippen LogP contribution in [0, 0.1) is 0 Å². The number of thioether (sulfide) groups is 2. The number of halogens is 4. The number of fused-ring (bicyclic) bond motifs is 5. The van der Waals surface area contributed by atoms with Gasteiger partial charge in [-0.25, -0.2) is 51.3 Å². The van der Waals surface area contributed by atoms with Crippen molar-refractivity contribution in [3.63, 3.8) is 0 Å². The molecule has 6 aromatic carbocycles. The molecule has 29 nitrogen and oxygen atoms in total. The van der Waals surface area contributed by atoms with Crippen molar-refractivity contribution in [3.8, 4) is 56.8 Å². The largest absolute Gasteiger partial charge is 0.534 e. The second-order valence-electron chi connectivity index (χ2n) is 24.9. The van der Waals surface area contributed by atoms with E-state index in [-0.39, 0.29) is 16.8 Å². The fraction of sp³-hybridized carbons (Fsp3) is 0.127. The number of alkyl halides is 3. The summed E-state index contributed by atoms with van der Waals surface area (Å²) in [5.74, 6) is 0.306. The number of nitrogens with one attached hydrogen (secondary N) is 2. The van der Waals surface area contributed by atoms with Crippen molar-refractivity contribution in [2.24, 2.45) is 0 Å². The van der Waals surface area contributed by atoms with E-state index < -0.39 is 38.6 Å². The van der Waals surface area contributed by atoms with Crippen molar-refractivity contribution in [2.45, 2.75) is 21.0 Å². The smallest absolute Gasteiger partial charge is 0.495 e. The topological polar surface area (TPSA) is 360 Å². The van der Waals surface area contributed by atoms with Crippen LogP contribution in [0.25, 0.3) is 72.6 Å². The van der Waals surface area contributed by atoms with Crippen LogP contribution in [0.1, 0.15) is 0 Å². The van der Waals surface area contributed by atoms with E-state index in [2.05, 4.69) is 106 Å². The zero-order valence-electron chi connectivity index (χ0n) is 63.6. The highest BCUT2D eigenvalue weighted by molar-refractivity contribution is 9.10. The summed E-state index contributed by atoms with van der Waals surface area (Å²) in [7, 11) is -3.03. The van der Waals surface area contributed by atoms with Gasteiger partial charge in [-0.2, -0.15) is 31.6 Å². The second kappa shape index (κ2) is 40.1. The lowest BCUT2D eigenvalue weighted by molar-refractivity contribution is -0.111. The first kappa shape index (κ1) is 86.8. The minimum absolute atomic E-state index is 0.173. The molecule has 16 rings (SSSR count). The zero-order valence-corrected chi connectivity index (χ0v) is 68.4. The first-order valence-electron chi connectivity index (χ1n) is 34.9.